The topological polar surface area (TPSA) is 61.8 Å². The van der Waals surface area contributed by atoms with Gasteiger partial charge in [-0.2, -0.15) is 0 Å². The lowest BCUT2D eigenvalue weighted by atomic mass is 10.2. The molecule has 3 aromatic rings. The Labute approximate surface area is 167 Å². The number of aryl methyl sites for hydroxylation is 1. The molecule has 6 heteroatoms. The first kappa shape index (κ1) is 19.6. The molecule has 3 rings (SSSR count). The molecule has 0 atom stereocenters. The van der Waals surface area contributed by atoms with Crippen molar-refractivity contribution in [1.29, 1.82) is 0 Å². The first-order chi connectivity index (χ1) is 13.6. The highest BCUT2D eigenvalue weighted by atomic mass is 32.1. The van der Waals surface area contributed by atoms with Crippen molar-refractivity contribution in [3.05, 3.63) is 81.5 Å². The van der Waals surface area contributed by atoms with Crippen LogP contribution in [0.5, 0.6) is 11.5 Å². The van der Waals surface area contributed by atoms with Crippen molar-refractivity contribution in [3.63, 3.8) is 0 Å². The zero-order chi connectivity index (χ0) is 19.9. The number of ether oxygens (including phenoxy) is 3. The van der Waals surface area contributed by atoms with Gasteiger partial charge in [-0.3, -0.25) is 4.79 Å². The Kier molecular flexibility index (Phi) is 6.45. The summed E-state index contributed by atoms with van der Waals surface area (Å²) in [5.74, 6) is 0.134. The number of thiophene rings is 1. The molecule has 0 radical (unpaired) electrons. The third-order valence-corrected chi connectivity index (χ3v) is 5.03. The fraction of sp³-hybridized carbons (Fsp3) is 0.182. The molecule has 0 aliphatic rings. The molecule has 0 spiro atoms. The summed E-state index contributed by atoms with van der Waals surface area (Å²) in [5.41, 5.74) is 1.31. The molecular formula is C22H20O5S. The van der Waals surface area contributed by atoms with Gasteiger partial charge in [-0.1, -0.05) is 30.3 Å². The van der Waals surface area contributed by atoms with Crippen LogP contribution >= 0.6 is 11.3 Å². The van der Waals surface area contributed by atoms with E-state index >= 15 is 0 Å². The van der Waals surface area contributed by atoms with Crippen LogP contribution in [0, 0.1) is 6.92 Å². The molecule has 0 aliphatic carbocycles. The van der Waals surface area contributed by atoms with E-state index in [1.165, 1.54) is 18.4 Å². The molecule has 0 fully saturated rings. The Balaban J connectivity index is 1.62. The van der Waals surface area contributed by atoms with Crippen molar-refractivity contribution in [1.82, 2.24) is 0 Å². The lowest BCUT2D eigenvalue weighted by Gasteiger charge is -2.12. The van der Waals surface area contributed by atoms with Crippen LogP contribution in [0.1, 0.15) is 30.5 Å². The van der Waals surface area contributed by atoms with Crippen LogP contribution in [0.25, 0.3) is 0 Å². The van der Waals surface area contributed by atoms with Crippen LogP contribution in [0.4, 0.5) is 0 Å². The highest BCUT2D eigenvalue weighted by Crippen LogP contribution is 2.29. The van der Waals surface area contributed by atoms with Gasteiger partial charge in [0.15, 0.2) is 18.1 Å². The number of carbonyl (C=O) groups is 2. The summed E-state index contributed by atoms with van der Waals surface area (Å²) >= 11 is 1.38. The highest BCUT2D eigenvalue weighted by molar-refractivity contribution is 7.14. The fourth-order valence-electron chi connectivity index (χ4n) is 2.52. The number of carbonyl (C=O) groups excluding carboxylic acids is 2. The molecule has 0 saturated heterocycles. The molecule has 1 heterocycles. The summed E-state index contributed by atoms with van der Waals surface area (Å²) in [6.45, 7) is 2.00. The van der Waals surface area contributed by atoms with Crippen LogP contribution in [-0.4, -0.2) is 25.5 Å². The van der Waals surface area contributed by atoms with Gasteiger partial charge in [0.2, 0.25) is 5.78 Å². The first-order valence-corrected chi connectivity index (χ1v) is 9.50. The zero-order valence-corrected chi connectivity index (χ0v) is 16.5. The molecule has 2 aromatic carbocycles. The second-order valence-electron chi connectivity index (χ2n) is 6.05. The summed E-state index contributed by atoms with van der Waals surface area (Å²) < 4.78 is 16.2. The maximum Gasteiger partial charge on any atom is 0.338 e. The minimum Gasteiger partial charge on any atom is -0.493 e. The molecule has 0 unspecified atom stereocenters. The van der Waals surface area contributed by atoms with Gasteiger partial charge < -0.3 is 14.2 Å². The zero-order valence-electron chi connectivity index (χ0n) is 15.6. The van der Waals surface area contributed by atoms with E-state index in [-0.39, 0.29) is 12.4 Å². The number of benzene rings is 2. The average molecular weight is 396 g/mol. The van der Waals surface area contributed by atoms with Gasteiger partial charge in [-0.05, 0) is 42.8 Å². The van der Waals surface area contributed by atoms with Crippen molar-refractivity contribution in [3.8, 4) is 11.5 Å². The molecule has 0 bridgehead atoms. The number of methoxy groups -OCH3 is 1. The normalized spacial score (nSPS) is 10.4. The fourth-order valence-corrected chi connectivity index (χ4v) is 3.31. The Hall–Kier alpha value is -3.12. The van der Waals surface area contributed by atoms with E-state index in [2.05, 4.69) is 0 Å². The SMILES string of the molecule is COc1cc(C(=O)OCC(=O)c2ccc(C)s2)ccc1OCc1ccccc1. The van der Waals surface area contributed by atoms with Crippen molar-refractivity contribution >= 4 is 23.1 Å². The van der Waals surface area contributed by atoms with E-state index in [1.807, 2.05) is 43.3 Å². The largest absolute Gasteiger partial charge is 0.493 e. The third kappa shape index (κ3) is 4.98. The summed E-state index contributed by atoms with van der Waals surface area (Å²) in [4.78, 5) is 26.0. The van der Waals surface area contributed by atoms with Crippen molar-refractivity contribution in [2.24, 2.45) is 0 Å². The average Bonchev–Trinajstić information content (AvgIpc) is 3.17. The van der Waals surface area contributed by atoms with Gasteiger partial charge in [-0.15, -0.1) is 11.3 Å². The molecule has 0 N–H and O–H groups in total. The lowest BCUT2D eigenvalue weighted by Crippen LogP contribution is -2.13. The number of rotatable bonds is 8. The van der Waals surface area contributed by atoms with E-state index in [9.17, 15) is 9.59 Å². The minimum atomic E-state index is -0.588. The van der Waals surface area contributed by atoms with Gasteiger partial charge in [-0.25, -0.2) is 4.79 Å². The van der Waals surface area contributed by atoms with E-state index in [0.717, 1.165) is 10.4 Å². The van der Waals surface area contributed by atoms with Crippen LogP contribution in [-0.2, 0) is 11.3 Å². The molecule has 144 valence electrons. The monoisotopic (exact) mass is 396 g/mol. The van der Waals surface area contributed by atoms with Crippen LogP contribution < -0.4 is 9.47 Å². The molecule has 5 nitrogen and oxygen atoms in total. The van der Waals surface area contributed by atoms with Crippen LogP contribution in [0.15, 0.2) is 60.7 Å². The second-order valence-corrected chi connectivity index (χ2v) is 7.34. The van der Waals surface area contributed by atoms with Crippen LogP contribution in [0.2, 0.25) is 0 Å². The number of ketones is 1. The van der Waals surface area contributed by atoms with Gasteiger partial charge in [0.25, 0.3) is 0 Å². The first-order valence-electron chi connectivity index (χ1n) is 8.68. The van der Waals surface area contributed by atoms with Gasteiger partial charge in [0.05, 0.1) is 17.6 Å². The Bertz CT molecular complexity index is 962. The van der Waals surface area contributed by atoms with Crippen molar-refractivity contribution in [2.45, 2.75) is 13.5 Å². The molecule has 0 amide bonds. The number of hydrogen-bond acceptors (Lipinski definition) is 6. The summed E-state index contributed by atoms with van der Waals surface area (Å²) in [6, 6.07) is 18.1. The van der Waals surface area contributed by atoms with E-state index in [1.54, 1.807) is 24.3 Å². The van der Waals surface area contributed by atoms with Gasteiger partial charge >= 0.3 is 5.97 Å². The van der Waals surface area contributed by atoms with Crippen molar-refractivity contribution < 1.29 is 23.8 Å². The third-order valence-electron chi connectivity index (χ3n) is 3.99. The smallest absolute Gasteiger partial charge is 0.338 e. The van der Waals surface area contributed by atoms with E-state index in [4.69, 9.17) is 14.2 Å². The van der Waals surface area contributed by atoms with E-state index in [0.29, 0.717) is 28.5 Å². The molecule has 28 heavy (non-hydrogen) atoms. The second kappa shape index (κ2) is 9.19. The molecule has 0 saturated carbocycles. The molecular weight excluding hydrogens is 376 g/mol. The molecule has 1 aromatic heterocycles. The maximum atomic E-state index is 12.3. The molecule has 0 aliphatic heterocycles. The Morgan fingerprint density at radius 3 is 2.43 bits per heavy atom. The maximum absolute atomic E-state index is 12.3. The highest BCUT2D eigenvalue weighted by Gasteiger charge is 2.15. The van der Waals surface area contributed by atoms with E-state index < -0.39 is 5.97 Å². The number of Topliss-reactive ketones (excluding diaryl/α,β-unsaturated/α-hetero) is 1. The number of esters is 1. The minimum absolute atomic E-state index is 0.221. The predicted octanol–water partition coefficient (Wildman–Crippen LogP) is 4.68. The lowest BCUT2D eigenvalue weighted by molar-refractivity contribution is 0.0475. The standard InChI is InChI=1S/C22H20O5S/c1-15-8-11-21(28-15)18(23)14-27-22(24)17-9-10-19(20(12-17)25-2)26-13-16-6-4-3-5-7-16/h3-12H,13-14H2,1-2H3. The van der Waals surface area contributed by atoms with Crippen LogP contribution in [0.3, 0.4) is 0 Å². The summed E-state index contributed by atoms with van der Waals surface area (Å²) in [5, 5.41) is 0. The predicted molar refractivity (Wildman–Crippen MR) is 107 cm³/mol. The summed E-state index contributed by atoms with van der Waals surface area (Å²) in [7, 11) is 1.50. The van der Waals surface area contributed by atoms with Gasteiger partial charge in [0.1, 0.15) is 6.61 Å². The number of hydrogen-bond donors (Lipinski definition) is 0. The quantitative estimate of drug-likeness (QED) is 0.409. The Morgan fingerprint density at radius 2 is 1.75 bits per heavy atom. The Morgan fingerprint density at radius 1 is 0.964 bits per heavy atom. The summed E-state index contributed by atoms with van der Waals surface area (Å²) in [6.07, 6.45) is 0. The van der Waals surface area contributed by atoms with Gasteiger partial charge in [0, 0.05) is 4.88 Å². The van der Waals surface area contributed by atoms with Crippen molar-refractivity contribution in [2.75, 3.05) is 13.7 Å².